The van der Waals surface area contributed by atoms with Gasteiger partial charge in [0.1, 0.15) is 18.2 Å². The first-order chi connectivity index (χ1) is 9.70. The van der Waals surface area contributed by atoms with Gasteiger partial charge in [-0.25, -0.2) is 4.98 Å². The second-order valence-electron chi connectivity index (χ2n) is 4.30. The molecule has 1 aromatic heterocycles. The maximum Gasteiger partial charge on any atom is 0.139 e. The Morgan fingerprint density at radius 3 is 3.00 bits per heavy atom. The maximum atomic E-state index is 6.11. The van der Waals surface area contributed by atoms with E-state index in [1.165, 1.54) is 0 Å². The molecule has 20 heavy (non-hydrogen) atoms. The number of ether oxygens (including phenoxy) is 1. The monoisotopic (exact) mass is 354 g/mol. The van der Waals surface area contributed by atoms with Gasteiger partial charge in [0.2, 0.25) is 0 Å². The summed E-state index contributed by atoms with van der Waals surface area (Å²) in [5, 5.41) is 3.89. The minimum Gasteiger partial charge on any atom is -0.487 e. The molecule has 1 aromatic carbocycles. The molecular formula is C15H16BrClN2O. The number of halogens is 2. The molecule has 2 rings (SSSR count). The summed E-state index contributed by atoms with van der Waals surface area (Å²) in [6.07, 6.45) is 2.82. The number of hydrogen-bond donors (Lipinski definition) is 1. The van der Waals surface area contributed by atoms with Gasteiger partial charge in [-0.1, -0.05) is 40.5 Å². The molecule has 0 fully saturated rings. The van der Waals surface area contributed by atoms with Crippen LogP contribution in [0.1, 0.15) is 18.9 Å². The van der Waals surface area contributed by atoms with Gasteiger partial charge in [-0.3, -0.25) is 0 Å². The van der Waals surface area contributed by atoms with Crippen molar-refractivity contribution in [3.63, 3.8) is 0 Å². The molecule has 1 N–H and O–H groups in total. The van der Waals surface area contributed by atoms with Crippen LogP contribution in [0.25, 0.3) is 0 Å². The molecule has 0 aliphatic heterocycles. The number of benzene rings is 1. The van der Waals surface area contributed by atoms with E-state index < -0.39 is 0 Å². The molecule has 0 spiro atoms. The number of nitrogens with zero attached hydrogens (tertiary/aromatic N) is 1. The van der Waals surface area contributed by atoms with Crippen LogP contribution >= 0.6 is 27.5 Å². The Morgan fingerprint density at radius 2 is 2.20 bits per heavy atom. The van der Waals surface area contributed by atoms with Crippen molar-refractivity contribution in [2.45, 2.75) is 20.0 Å². The largest absolute Gasteiger partial charge is 0.487 e. The summed E-state index contributed by atoms with van der Waals surface area (Å²) in [5.74, 6) is 1.52. The Balaban J connectivity index is 2.08. The van der Waals surface area contributed by atoms with Crippen LogP contribution in [0.15, 0.2) is 41.0 Å². The van der Waals surface area contributed by atoms with Crippen molar-refractivity contribution in [2.75, 3.05) is 11.9 Å². The molecule has 5 heteroatoms. The van der Waals surface area contributed by atoms with Gasteiger partial charge in [0, 0.05) is 22.8 Å². The molecule has 3 nitrogen and oxygen atoms in total. The first kappa shape index (κ1) is 15.1. The molecule has 2 aromatic rings. The fourth-order valence-electron chi connectivity index (χ4n) is 1.70. The van der Waals surface area contributed by atoms with Crippen molar-refractivity contribution >= 4 is 33.3 Å². The van der Waals surface area contributed by atoms with Gasteiger partial charge in [-0.15, -0.1) is 0 Å². The molecule has 0 atom stereocenters. The van der Waals surface area contributed by atoms with Crippen LogP contribution in [-0.4, -0.2) is 11.5 Å². The van der Waals surface area contributed by atoms with Crippen molar-refractivity contribution in [2.24, 2.45) is 0 Å². The maximum absolute atomic E-state index is 6.11. The van der Waals surface area contributed by atoms with E-state index >= 15 is 0 Å². The number of pyridine rings is 1. The predicted octanol–water partition coefficient (Wildman–Crippen LogP) is 4.90. The van der Waals surface area contributed by atoms with Crippen LogP contribution in [0.3, 0.4) is 0 Å². The van der Waals surface area contributed by atoms with E-state index in [0.29, 0.717) is 17.4 Å². The third-order valence-electron chi connectivity index (χ3n) is 2.71. The standard InChI is InChI=1S/C15H16BrClN2O/c1-2-7-18-15-11(4-3-8-19-15)10-20-14-9-12(16)5-6-13(14)17/h3-6,8-9H,2,7,10H2,1H3,(H,18,19). The van der Waals surface area contributed by atoms with Crippen LogP contribution in [0.4, 0.5) is 5.82 Å². The van der Waals surface area contributed by atoms with E-state index in [0.717, 1.165) is 28.8 Å². The van der Waals surface area contributed by atoms with Crippen molar-refractivity contribution < 1.29 is 4.74 Å². The van der Waals surface area contributed by atoms with Gasteiger partial charge >= 0.3 is 0 Å². The number of hydrogen-bond acceptors (Lipinski definition) is 3. The Labute approximate surface area is 132 Å². The summed E-state index contributed by atoms with van der Waals surface area (Å²) >= 11 is 9.52. The lowest BCUT2D eigenvalue weighted by Crippen LogP contribution is -2.07. The molecular weight excluding hydrogens is 340 g/mol. The third kappa shape index (κ3) is 4.12. The lowest BCUT2D eigenvalue weighted by Gasteiger charge is -2.12. The Hall–Kier alpha value is -1.26. The molecule has 0 saturated carbocycles. The fourth-order valence-corrected chi connectivity index (χ4v) is 2.21. The highest BCUT2D eigenvalue weighted by Crippen LogP contribution is 2.29. The molecule has 0 saturated heterocycles. The summed E-state index contributed by atoms with van der Waals surface area (Å²) in [7, 11) is 0. The average Bonchev–Trinajstić information content (AvgIpc) is 2.47. The van der Waals surface area contributed by atoms with Crippen molar-refractivity contribution in [3.05, 3.63) is 51.6 Å². The fraction of sp³-hybridized carbons (Fsp3) is 0.267. The molecule has 0 aliphatic rings. The topological polar surface area (TPSA) is 34.2 Å². The van der Waals surface area contributed by atoms with Crippen LogP contribution in [0, 0.1) is 0 Å². The number of rotatable bonds is 6. The van der Waals surface area contributed by atoms with E-state index in [1.54, 1.807) is 12.3 Å². The minimum absolute atomic E-state index is 0.427. The first-order valence-corrected chi connectivity index (χ1v) is 7.63. The molecule has 0 aliphatic carbocycles. The average molecular weight is 356 g/mol. The quantitative estimate of drug-likeness (QED) is 0.800. The van der Waals surface area contributed by atoms with E-state index in [2.05, 4.69) is 33.2 Å². The molecule has 0 radical (unpaired) electrons. The van der Waals surface area contributed by atoms with Gasteiger partial charge in [-0.2, -0.15) is 0 Å². The van der Waals surface area contributed by atoms with E-state index in [4.69, 9.17) is 16.3 Å². The molecule has 1 heterocycles. The predicted molar refractivity (Wildman–Crippen MR) is 86.5 cm³/mol. The lowest BCUT2D eigenvalue weighted by molar-refractivity contribution is 0.306. The zero-order valence-corrected chi connectivity index (χ0v) is 13.5. The molecule has 0 amide bonds. The number of aromatic nitrogens is 1. The molecule has 0 bridgehead atoms. The van der Waals surface area contributed by atoms with Crippen LogP contribution in [-0.2, 0) is 6.61 Å². The van der Waals surface area contributed by atoms with Crippen LogP contribution in [0.5, 0.6) is 5.75 Å². The SMILES string of the molecule is CCCNc1ncccc1COc1cc(Br)ccc1Cl. The highest BCUT2D eigenvalue weighted by molar-refractivity contribution is 9.10. The highest BCUT2D eigenvalue weighted by Gasteiger charge is 2.06. The van der Waals surface area contributed by atoms with Crippen molar-refractivity contribution in [1.29, 1.82) is 0 Å². The van der Waals surface area contributed by atoms with Gasteiger partial charge in [0.25, 0.3) is 0 Å². The first-order valence-electron chi connectivity index (χ1n) is 6.46. The van der Waals surface area contributed by atoms with E-state index in [9.17, 15) is 0 Å². The van der Waals surface area contributed by atoms with Crippen LogP contribution in [0.2, 0.25) is 5.02 Å². The van der Waals surface area contributed by atoms with E-state index in [1.807, 2.05) is 24.3 Å². The zero-order valence-electron chi connectivity index (χ0n) is 11.2. The summed E-state index contributed by atoms with van der Waals surface area (Å²) in [6, 6.07) is 9.45. The van der Waals surface area contributed by atoms with E-state index in [-0.39, 0.29) is 0 Å². The summed E-state index contributed by atoms with van der Waals surface area (Å²) < 4.78 is 6.72. The summed E-state index contributed by atoms with van der Waals surface area (Å²) in [5.41, 5.74) is 1.01. The smallest absolute Gasteiger partial charge is 0.139 e. The van der Waals surface area contributed by atoms with Gasteiger partial charge in [0.15, 0.2) is 0 Å². The Bertz CT molecular complexity index is 578. The number of nitrogens with one attached hydrogen (secondary N) is 1. The third-order valence-corrected chi connectivity index (χ3v) is 3.52. The minimum atomic E-state index is 0.427. The zero-order chi connectivity index (χ0) is 14.4. The van der Waals surface area contributed by atoms with Gasteiger partial charge in [-0.05, 0) is 30.7 Å². The molecule has 106 valence electrons. The second-order valence-corrected chi connectivity index (χ2v) is 5.62. The lowest BCUT2D eigenvalue weighted by atomic mass is 10.2. The highest BCUT2D eigenvalue weighted by atomic mass is 79.9. The van der Waals surface area contributed by atoms with Gasteiger partial charge in [0.05, 0.1) is 5.02 Å². The summed E-state index contributed by atoms with van der Waals surface area (Å²) in [6.45, 7) is 3.44. The number of anilines is 1. The Kier molecular flexibility index (Phi) is 5.68. The molecule has 0 unspecified atom stereocenters. The normalized spacial score (nSPS) is 10.3. The van der Waals surface area contributed by atoms with Crippen molar-refractivity contribution in [1.82, 2.24) is 4.98 Å². The van der Waals surface area contributed by atoms with Crippen molar-refractivity contribution in [3.8, 4) is 5.75 Å². The Morgan fingerprint density at radius 1 is 1.35 bits per heavy atom. The second kappa shape index (κ2) is 7.50. The van der Waals surface area contributed by atoms with Crippen LogP contribution < -0.4 is 10.1 Å². The van der Waals surface area contributed by atoms with Gasteiger partial charge < -0.3 is 10.1 Å². The summed E-state index contributed by atoms with van der Waals surface area (Å²) in [4.78, 5) is 4.34.